The summed E-state index contributed by atoms with van der Waals surface area (Å²) in [5.41, 5.74) is 7.34. The van der Waals surface area contributed by atoms with Crippen LogP contribution < -0.4 is 20.5 Å². The second kappa shape index (κ2) is 10.8. The molecule has 0 atom stereocenters. The van der Waals surface area contributed by atoms with Crippen molar-refractivity contribution in [3.63, 3.8) is 0 Å². The second-order valence-electron chi connectivity index (χ2n) is 8.78. The van der Waals surface area contributed by atoms with Gasteiger partial charge in [0.05, 0.1) is 0 Å². The zero-order valence-corrected chi connectivity index (χ0v) is 20.6. The van der Waals surface area contributed by atoms with Crippen LogP contribution in [0.1, 0.15) is 52.1 Å². The number of nitrogens with one attached hydrogen (secondary N) is 1. The molecule has 0 radical (unpaired) electrons. The Morgan fingerprint density at radius 3 is 2.59 bits per heavy atom. The van der Waals surface area contributed by atoms with Crippen LogP contribution in [0.4, 0.5) is 0 Å². The monoisotopic (exact) mass is 520 g/mol. The molecule has 3 heterocycles. The molecule has 3 aromatic heterocycles. The van der Waals surface area contributed by atoms with Crippen molar-refractivity contribution >= 4 is 28.9 Å². The van der Waals surface area contributed by atoms with Crippen molar-refractivity contribution < 1.29 is 19.1 Å². The van der Waals surface area contributed by atoms with Crippen LogP contribution in [-0.4, -0.2) is 43.8 Å². The Hall–Kier alpha value is -4.18. The van der Waals surface area contributed by atoms with Gasteiger partial charge >= 0.3 is 0 Å². The number of fused-ring (bicyclic) bond motifs is 1. The molecule has 0 bridgehead atoms. The van der Waals surface area contributed by atoms with Crippen LogP contribution in [0, 0.1) is 0 Å². The Bertz CT molecular complexity index is 1420. The van der Waals surface area contributed by atoms with Crippen LogP contribution in [0.2, 0.25) is 5.15 Å². The van der Waals surface area contributed by atoms with Crippen molar-refractivity contribution in [2.45, 2.75) is 44.4 Å². The van der Waals surface area contributed by atoms with Gasteiger partial charge in [0.15, 0.2) is 16.6 Å². The fourth-order valence-electron chi connectivity index (χ4n) is 4.33. The molecule has 1 aliphatic carbocycles. The number of aromatic nitrogens is 4. The standard InChI is InChI=1S/C26H25ClN6O4/c27-23-21(36-15-16-5-2-1-3-6-16)13-12-20-22(31-32-33(20)23)25(35)30-17-8-10-18(11-9-17)37-26-19(24(28)34)7-4-14-29-26/h1-7,12-14,17-18H,8-11,15H2,(H2,28,34)(H,30,35). The first-order chi connectivity index (χ1) is 18.0. The van der Waals surface area contributed by atoms with Gasteiger partial charge in [-0.25, -0.2) is 4.98 Å². The molecule has 1 aromatic carbocycles. The van der Waals surface area contributed by atoms with Gasteiger partial charge in [-0.2, -0.15) is 4.52 Å². The van der Waals surface area contributed by atoms with E-state index in [0.29, 0.717) is 43.6 Å². The lowest BCUT2D eigenvalue weighted by atomic mass is 9.93. The predicted octanol–water partition coefficient (Wildman–Crippen LogP) is 3.58. The third-order valence-electron chi connectivity index (χ3n) is 6.26. The first kappa shape index (κ1) is 24.5. The molecule has 4 aromatic rings. The van der Waals surface area contributed by atoms with Crippen molar-refractivity contribution in [1.29, 1.82) is 0 Å². The molecule has 1 saturated carbocycles. The summed E-state index contributed by atoms with van der Waals surface area (Å²) in [6, 6.07) is 16.3. The summed E-state index contributed by atoms with van der Waals surface area (Å²) in [6.07, 6.45) is 4.22. The summed E-state index contributed by atoms with van der Waals surface area (Å²) in [5.74, 6) is -0.225. The fraction of sp³-hybridized carbons (Fsp3) is 0.269. The van der Waals surface area contributed by atoms with Crippen LogP contribution in [0.15, 0.2) is 60.8 Å². The number of carbonyl (C=O) groups excluding carboxylic acids is 2. The summed E-state index contributed by atoms with van der Waals surface area (Å²) < 4.78 is 13.2. The van der Waals surface area contributed by atoms with Gasteiger partial charge in [-0.3, -0.25) is 9.59 Å². The van der Waals surface area contributed by atoms with Crippen molar-refractivity contribution in [2.24, 2.45) is 5.73 Å². The van der Waals surface area contributed by atoms with Gasteiger partial charge in [-0.15, -0.1) is 5.10 Å². The number of benzene rings is 1. The molecule has 0 unspecified atom stereocenters. The van der Waals surface area contributed by atoms with Crippen molar-refractivity contribution in [3.05, 3.63) is 82.8 Å². The van der Waals surface area contributed by atoms with Gasteiger partial charge in [-0.05, 0) is 55.5 Å². The number of ether oxygens (including phenoxy) is 2. The molecule has 0 saturated heterocycles. The Balaban J connectivity index is 1.19. The summed E-state index contributed by atoms with van der Waals surface area (Å²) in [6.45, 7) is 0.352. The van der Waals surface area contributed by atoms with Crippen molar-refractivity contribution in [3.8, 4) is 11.6 Å². The number of hydrogen-bond acceptors (Lipinski definition) is 7. The molecule has 0 spiro atoms. The number of carbonyl (C=O) groups is 2. The zero-order chi connectivity index (χ0) is 25.8. The van der Waals surface area contributed by atoms with E-state index in [1.54, 1.807) is 30.5 Å². The van der Waals surface area contributed by atoms with E-state index in [9.17, 15) is 9.59 Å². The lowest BCUT2D eigenvalue weighted by molar-refractivity contribution is 0.0878. The Morgan fingerprint density at radius 2 is 1.84 bits per heavy atom. The van der Waals surface area contributed by atoms with Crippen molar-refractivity contribution in [1.82, 2.24) is 25.1 Å². The first-order valence-corrected chi connectivity index (χ1v) is 12.3. The van der Waals surface area contributed by atoms with E-state index in [2.05, 4.69) is 20.6 Å². The number of pyridine rings is 2. The van der Waals surface area contributed by atoms with Crippen LogP contribution in [-0.2, 0) is 6.61 Å². The molecule has 11 heteroatoms. The number of nitrogens with zero attached hydrogens (tertiary/aromatic N) is 4. The van der Waals surface area contributed by atoms with Crippen LogP contribution in [0.5, 0.6) is 11.6 Å². The molecule has 37 heavy (non-hydrogen) atoms. The minimum Gasteiger partial charge on any atom is -0.486 e. The maximum absolute atomic E-state index is 13.0. The fourth-order valence-corrected chi connectivity index (χ4v) is 4.57. The Labute approximate surface area is 217 Å². The van der Waals surface area contributed by atoms with Gasteiger partial charge in [0.1, 0.15) is 23.8 Å². The van der Waals surface area contributed by atoms with Crippen LogP contribution in [0.3, 0.4) is 0 Å². The van der Waals surface area contributed by atoms with E-state index in [0.717, 1.165) is 5.56 Å². The lowest BCUT2D eigenvalue weighted by Gasteiger charge is -2.29. The van der Waals surface area contributed by atoms with Gasteiger partial charge in [0.2, 0.25) is 5.88 Å². The SMILES string of the molecule is NC(=O)c1cccnc1OC1CCC(NC(=O)c2nnn3c(Cl)c(OCc4ccccc4)ccc23)CC1. The summed E-state index contributed by atoms with van der Waals surface area (Å²) >= 11 is 6.49. The highest BCUT2D eigenvalue weighted by atomic mass is 35.5. The third-order valence-corrected chi connectivity index (χ3v) is 6.61. The van der Waals surface area contributed by atoms with Crippen LogP contribution >= 0.6 is 11.6 Å². The van der Waals surface area contributed by atoms with E-state index in [1.165, 1.54) is 4.52 Å². The third kappa shape index (κ3) is 5.49. The predicted molar refractivity (Wildman–Crippen MR) is 136 cm³/mol. The molecule has 5 rings (SSSR count). The zero-order valence-electron chi connectivity index (χ0n) is 19.8. The quantitative estimate of drug-likeness (QED) is 0.339. The van der Waals surface area contributed by atoms with E-state index < -0.39 is 5.91 Å². The number of amides is 2. The minimum absolute atomic E-state index is 0.0487. The van der Waals surface area contributed by atoms with Gasteiger partial charge < -0.3 is 20.5 Å². The van der Waals surface area contributed by atoms with E-state index in [-0.39, 0.29) is 40.3 Å². The van der Waals surface area contributed by atoms with E-state index >= 15 is 0 Å². The van der Waals surface area contributed by atoms with Gasteiger partial charge in [0.25, 0.3) is 11.8 Å². The smallest absolute Gasteiger partial charge is 0.274 e. The molecule has 0 aliphatic heterocycles. The molecule has 1 aliphatic rings. The maximum Gasteiger partial charge on any atom is 0.274 e. The average molecular weight is 521 g/mol. The van der Waals surface area contributed by atoms with Gasteiger partial charge in [-0.1, -0.05) is 47.1 Å². The first-order valence-electron chi connectivity index (χ1n) is 11.9. The average Bonchev–Trinajstić information content (AvgIpc) is 3.35. The number of hydrogen-bond donors (Lipinski definition) is 2. The van der Waals surface area contributed by atoms with Crippen molar-refractivity contribution in [2.75, 3.05) is 0 Å². The highest BCUT2D eigenvalue weighted by molar-refractivity contribution is 6.31. The van der Waals surface area contributed by atoms with E-state index in [4.69, 9.17) is 26.8 Å². The Morgan fingerprint density at radius 1 is 1.05 bits per heavy atom. The highest BCUT2D eigenvalue weighted by Gasteiger charge is 2.27. The molecular weight excluding hydrogens is 496 g/mol. The highest BCUT2D eigenvalue weighted by Crippen LogP contribution is 2.28. The summed E-state index contributed by atoms with van der Waals surface area (Å²) in [5, 5.41) is 11.4. The maximum atomic E-state index is 13.0. The minimum atomic E-state index is -0.583. The van der Waals surface area contributed by atoms with Crippen LogP contribution in [0.25, 0.3) is 5.52 Å². The molecule has 2 amide bonds. The topological polar surface area (TPSA) is 134 Å². The molecule has 1 fully saturated rings. The second-order valence-corrected chi connectivity index (χ2v) is 9.14. The molecule has 10 nitrogen and oxygen atoms in total. The molecule has 190 valence electrons. The lowest BCUT2D eigenvalue weighted by Crippen LogP contribution is -2.40. The number of rotatable bonds is 8. The summed E-state index contributed by atoms with van der Waals surface area (Å²) in [4.78, 5) is 28.7. The Kier molecular flexibility index (Phi) is 7.18. The number of primary amides is 1. The summed E-state index contributed by atoms with van der Waals surface area (Å²) in [7, 11) is 0. The molecule has 3 N–H and O–H groups in total. The largest absolute Gasteiger partial charge is 0.486 e. The normalized spacial score (nSPS) is 17.3. The van der Waals surface area contributed by atoms with Gasteiger partial charge in [0, 0.05) is 12.2 Å². The number of halogens is 1. The molecular formula is C26H25ClN6O4. The van der Waals surface area contributed by atoms with E-state index in [1.807, 2.05) is 30.3 Å². The number of nitrogens with two attached hydrogens (primary N) is 1.